The predicted molar refractivity (Wildman–Crippen MR) is 72.0 cm³/mol. The van der Waals surface area contributed by atoms with Crippen molar-refractivity contribution in [3.63, 3.8) is 0 Å². The monoisotopic (exact) mass is 294 g/mol. The van der Waals surface area contributed by atoms with E-state index in [1.165, 1.54) is 20.4 Å². The number of nitrogens with zero attached hydrogens (tertiary/aromatic N) is 1. The molecule has 2 rings (SSSR count). The third kappa shape index (κ3) is 2.65. The molecule has 0 radical (unpaired) electrons. The number of aromatic nitrogens is 1. The molecule has 0 saturated heterocycles. The Hall–Kier alpha value is -2.34. The number of ether oxygens (including phenoxy) is 2. The highest BCUT2D eigenvalue weighted by Crippen LogP contribution is 2.21. The molecule has 6 nitrogen and oxygen atoms in total. The molecule has 0 saturated carbocycles. The number of ketones is 2. The Balaban J connectivity index is 2.28. The number of allylic oxidation sites excluding steroid dienone is 1. The summed E-state index contributed by atoms with van der Waals surface area (Å²) in [4.78, 5) is 28.0. The molecule has 0 fully saturated rings. The summed E-state index contributed by atoms with van der Waals surface area (Å²) in [6, 6.07) is 3.20. The Morgan fingerprint density at radius 3 is 2.40 bits per heavy atom. The molecule has 0 spiro atoms. The molecule has 0 amide bonds. The highest BCUT2D eigenvalue weighted by molar-refractivity contribution is 6.30. The van der Waals surface area contributed by atoms with E-state index in [1.54, 1.807) is 12.1 Å². The van der Waals surface area contributed by atoms with Gasteiger partial charge in [0.1, 0.15) is 5.82 Å². The SMILES string of the molecule is COC1=C(OC)C(=O)C(Nc2ccc(Cl)cn2)=CC1=O. The van der Waals surface area contributed by atoms with Crippen LogP contribution in [0, 0.1) is 0 Å². The molecular formula is C13H11ClN2O4. The van der Waals surface area contributed by atoms with Gasteiger partial charge in [-0.15, -0.1) is 0 Å². The van der Waals surface area contributed by atoms with Gasteiger partial charge in [0.25, 0.3) is 0 Å². The summed E-state index contributed by atoms with van der Waals surface area (Å²) in [6.07, 6.45) is 2.56. The molecule has 0 unspecified atom stereocenters. The van der Waals surface area contributed by atoms with E-state index in [2.05, 4.69) is 10.3 Å². The minimum absolute atomic E-state index is 0.0578. The summed E-state index contributed by atoms with van der Waals surface area (Å²) in [5.41, 5.74) is 0.0578. The maximum absolute atomic E-state index is 12.1. The molecule has 1 aromatic heterocycles. The Morgan fingerprint density at radius 2 is 1.85 bits per heavy atom. The Kier molecular flexibility index (Phi) is 4.05. The molecule has 1 aliphatic carbocycles. The Bertz CT molecular complexity index is 620. The number of Topliss-reactive ketones (excluding diaryl/α,β-unsaturated/α-hetero) is 1. The van der Waals surface area contributed by atoms with Gasteiger partial charge in [0.2, 0.25) is 23.1 Å². The van der Waals surface area contributed by atoms with E-state index in [-0.39, 0.29) is 17.2 Å². The standard InChI is InChI=1S/C13H11ClN2O4/c1-19-12-9(17)5-8(11(18)13(12)20-2)16-10-4-3-7(14)6-15-10/h3-6H,1-2H3,(H,15,16). The fourth-order valence-corrected chi connectivity index (χ4v) is 1.77. The molecule has 104 valence electrons. The number of pyridine rings is 1. The average Bonchev–Trinajstić information content (AvgIpc) is 2.44. The normalized spacial score (nSPS) is 15.1. The number of halogens is 1. The van der Waals surface area contributed by atoms with E-state index >= 15 is 0 Å². The molecule has 1 N–H and O–H groups in total. The third-order valence-corrected chi connectivity index (χ3v) is 2.78. The number of methoxy groups -OCH3 is 2. The number of rotatable bonds is 4. The van der Waals surface area contributed by atoms with Gasteiger partial charge < -0.3 is 14.8 Å². The summed E-state index contributed by atoms with van der Waals surface area (Å²) in [5.74, 6) is -0.817. The molecule has 0 bridgehead atoms. The van der Waals surface area contributed by atoms with E-state index in [4.69, 9.17) is 21.1 Å². The number of nitrogens with one attached hydrogen (secondary N) is 1. The highest BCUT2D eigenvalue weighted by atomic mass is 35.5. The van der Waals surface area contributed by atoms with E-state index in [0.717, 1.165) is 6.08 Å². The largest absolute Gasteiger partial charge is 0.490 e. The smallest absolute Gasteiger partial charge is 0.247 e. The van der Waals surface area contributed by atoms with Crippen molar-refractivity contribution >= 4 is 29.0 Å². The lowest BCUT2D eigenvalue weighted by molar-refractivity contribution is -0.120. The van der Waals surface area contributed by atoms with E-state index in [9.17, 15) is 9.59 Å². The minimum Gasteiger partial charge on any atom is -0.490 e. The van der Waals surface area contributed by atoms with Gasteiger partial charge >= 0.3 is 0 Å². The second kappa shape index (κ2) is 5.75. The van der Waals surface area contributed by atoms with Crippen LogP contribution in [-0.2, 0) is 19.1 Å². The fraction of sp³-hybridized carbons (Fsp3) is 0.154. The molecule has 20 heavy (non-hydrogen) atoms. The van der Waals surface area contributed by atoms with Gasteiger partial charge in [-0.25, -0.2) is 4.98 Å². The molecule has 1 aromatic rings. The van der Waals surface area contributed by atoms with Crippen LogP contribution in [0.15, 0.2) is 41.6 Å². The molecule has 1 heterocycles. The van der Waals surface area contributed by atoms with Crippen molar-refractivity contribution in [2.24, 2.45) is 0 Å². The van der Waals surface area contributed by atoms with Gasteiger partial charge in [0, 0.05) is 12.3 Å². The summed E-state index contributed by atoms with van der Waals surface area (Å²) in [6.45, 7) is 0. The second-order valence-electron chi connectivity index (χ2n) is 3.80. The molecular weight excluding hydrogens is 284 g/mol. The zero-order valence-corrected chi connectivity index (χ0v) is 11.5. The predicted octanol–water partition coefficient (Wildman–Crippen LogP) is 1.69. The van der Waals surface area contributed by atoms with Gasteiger partial charge in [-0.05, 0) is 12.1 Å². The van der Waals surface area contributed by atoms with Crippen LogP contribution >= 0.6 is 11.6 Å². The van der Waals surface area contributed by atoms with Gasteiger partial charge in [0.15, 0.2) is 0 Å². The van der Waals surface area contributed by atoms with Crippen molar-refractivity contribution in [2.75, 3.05) is 19.5 Å². The number of hydrogen-bond acceptors (Lipinski definition) is 6. The first-order valence-electron chi connectivity index (χ1n) is 5.58. The van der Waals surface area contributed by atoms with Gasteiger partial charge in [-0.1, -0.05) is 11.6 Å². The molecule has 0 atom stereocenters. The summed E-state index contributed by atoms with van der Waals surface area (Å²) < 4.78 is 9.80. The van der Waals surface area contributed by atoms with Crippen molar-refractivity contribution in [3.05, 3.63) is 46.6 Å². The van der Waals surface area contributed by atoms with Crippen LogP contribution < -0.4 is 5.32 Å². The molecule has 0 aromatic carbocycles. The fourth-order valence-electron chi connectivity index (χ4n) is 1.66. The van der Waals surface area contributed by atoms with Crippen LogP contribution in [0.1, 0.15) is 0 Å². The maximum Gasteiger partial charge on any atom is 0.247 e. The first-order valence-corrected chi connectivity index (χ1v) is 5.96. The van der Waals surface area contributed by atoms with Crippen molar-refractivity contribution in [3.8, 4) is 0 Å². The molecule has 1 aliphatic rings. The van der Waals surface area contributed by atoms with Crippen LogP contribution in [0.25, 0.3) is 0 Å². The van der Waals surface area contributed by atoms with E-state index < -0.39 is 11.6 Å². The number of carbonyl (C=O) groups excluding carboxylic acids is 2. The summed E-state index contributed by atoms with van der Waals surface area (Å²) >= 11 is 5.72. The van der Waals surface area contributed by atoms with Crippen LogP contribution in [0.5, 0.6) is 0 Å². The summed E-state index contributed by atoms with van der Waals surface area (Å²) in [5, 5.41) is 3.22. The molecule has 7 heteroatoms. The number of carbonyl (C=O) groups is 2. The minimum atomic E-state index is -0.485. The zero-order valence-electron chi connectivity index (χ0n) is 10.8. The van der Waals surface area contributed by atoms with Gasteiger partial charge in [-0.2, -0.15) is 0 Å². The van der Waals surface area contributed by atoms with Gasteiger partial charge in [-0.3, -0.25) is 9.59 Å². The lowest BCUT2D eigenvalue weighted by atomic mass is 10.1. The average molecular weight is 295 g/mol. The van der Waals surface area contributed by atoms with E-state index in [0.29, 0.717) is 10.8 Å². The van der Waals surface area contributed by atoms with Crippen LogP contribution in [-0.4, -0.2) is 30.8 Å². The van der Waals surface area contributed by atoms with E-state index in [1.807, 2.05) is 0 Å². The first kappa shape index (κ1) is 14.1. The van der Waals surface area contributed by atoms with Crippen LogP contribution in [0.3, 0.4) is 0 Å². The number of anilines is 1. The topological polar surface area (TPSA) is 77.5 Å². The third-order valence-electron chi connectivity index (χ3n) is 2.55. The Labute approximate surface area is 120 Å². The van der Waals surface area contributed by atoms with Gasteiger partial charge in [0.05, 0.1) is 24.9 Å². The van der Waals surface area contributed by atoms with Crippen LogP contribution in [0.2, 0.25) is 5.02 Å². The van der Waals surface area contributed by atoms with Crippen molar-refractivity contribution < 1.29 is 19.1 Å². The van der Waals surface area contributed by atoms with Crippen LogP contribution in [0.4, 0.5) is 5.82 Å². The number of hydrogen-bond donors (Lipinski definition) is 1. The first-order chi connectivity index (χ1) is 9.56. The van der Waals surface area contributed by atoms with Crippen molar-refractivity contribution in [1.29, 1.82) is 0 Å². The maximum atomic E-state index is 12.1. The van der Waals surface area contributed by atoms with Crippen molar-refractivity contribution in [2.45, 2.75) is 0 Å². The lowest BCUT2D eigenvalue weighted by Crippen LogP contribution is -2.25. The Morgan fingerprint density at radius 1 is 1.15 bits per heavy atom. The quantitative estimate of drug-likeness (QED) is 0.852. The lowest BCUT2D eigenvalue weighted by Gasteiger charge is -2.17. The highest BCUT2D eigenvalue weighted by Gasteiger charge is 2.31. The van der Waals surface area contributed by atoms with Crippen molar-refractivity contribution in [1.82, 2.24) is 4.98 Å². The zero-order chi connectivity index (χ0) is 14.7. The molecule has 0 aliphatic heterocycles. The second-order valence-corrected chi connectivity index (χ2v) is 4.24. The summed E-state index contributed by atoms with van der Waals surface area (Å²) in [7, 11) is 2.59.